The average molecular weight is 195 g/mol. The summed E-state index contributed by atoms with van der Waals surface area (Å²) in [5.41, 5.74) is 0. The van der Waals surface area contributed by atoms with Crippen molar-refractivity contribution in [3.63, 3.8) is 0 Å². The Balaban J connectivity index is 1.68. The van der Waals surface area contributed by atoms with Crippen LogP contribution < -0.4 is 5.32 Å². The Morgan fingerprint density at radius 1 is 1.62 bits per heavy atom. The van der Waals surface area contributed by atoms with Crippen molar-refractivity contribution in [2.45, 2.75) is 32.2 Å². The summed E-state index contributed by atoms with van der Waals surface area (Å²) in [7, 11) is 0. The molecule has 0 bridgehead atoms. The third-order valence-corrected chi connectivity index (χ3v) is 3.36. The third kappa shape index (κ3) is 3.12. The highest BCUT2D eigenvalue weighted by Crippen LogP contribution is 2.20. The molecule has 1 N–H and O–H groups in total. The van der Waals surface area contributed by atoms with E-state index in [9.17, 15) is 0 Å². The zero-order chi connectivity index (χ0) is 9.10. The molecule has 1 aromatic rings. The van der Waals surface area contributed by atoms with Crippen LogP contribution in [-0.2, 0) is 6.42 Å². The molecular weight excluding hydrogens is 178 g/mol. The summed E-state index contributed by atoms with van der Waals surface area (Å²) in [4.78, 5) is 1.52. The Morgan fingerprint density at radius 2 is 2.46 bits per heavy atom. The minimum absolute atomic E-state index is 0.777. The topological polar surface area (TPSA) is 12.0 Å². The number of hydrogen-bond acceptors (Lipinski definition) is 2. The molecular formula is C11H17NS. The van der Waals surface area contributed by atoms with Crippen LogP contribution in [0.1, 0.15) is 24.6 Å². The zero-order valence-electron chi connectivity index (χ0n) is 8.12. The zero-order valence-corrected chi connectivity index (χ0v) is 8.94. The molecule has 0 spiro atoms. The lowest BCUT2D eigenvalue weighted by Gasteiger charge is -2.10. The maximum atomic E-state index is 3.57. The molecule has 1 saturated carbocycles. The third-order valence-electron chi connectivity index (χ3n) is 2.46. The molecule has 2 heteroatoms. The molecule has 0 saturated heterocycles. The van der Waals surface area contributed by atoms with E-state index in [1.54, 1.807) is 0 Å². The Kier molecular flexibility index (Phi) is 3.01. The Bertz CT molecular complexity index is 239. The van der Waals surface area contributed by atoms with Gasteiger partial charge >= 0.3 is 0 Å². The van der Waals surface area contributed by atoms with Crippen molar-refractivity contribution < 1.29 is 0 Å². The molecule has 1 unspecified atom stereocenters. The van der Waals surface area contributed by atoms with Gasteiger partial charge in [0.15, 0.2) is 0 Å². The molecule has 1 fully saturated rings. The van der Waals surface area contributed by atoms with Crippen molar-refractivity contribution in [1.29, 1.82) is 0 Å². The SMILES string of the molecule is CC(CNC1CC1)Cc1cccs1. The summed E-state index contributed by atoms with van der Waals surface area (Å²) < 4.78 is 0. The first kappa shape index (κ1) is 9.22. The molecule has 1 aliphatic carbocycles. The Hall–Kier alpha value is -0.340. The van der Waals surface area contributed by atoms with Crippen LogP contribution in [0, 0.1) is 5.92 Å². The lowest BCUT2D eigenvalue weighted by Crippen LogP contribution is -2.24. The van der Waals surface area contributed by atoms with Crippen molar-refractivity contribution in [1.82, 2.24) is 5.32 Å². The van der Waals surface area contributed by atoms with Crippen molar-refractivity contribution in [2.75, 3.05) is 6.54 Å². The van der Waals surface area contributed by atoms with Crippen molar-refractivity contribution in [3.05, 3.63) is 22.4 Å². The van der Waals surface area contributed by atoms with Crippen LogP contribution in [0.4, 0.5) is 0 Å². The van der Waals surface area contributed by atoms with Gasteiger partial charge in [-0.2, -0.15) is 0 Å². The first-order valence-electron chi connectivity index (χ1n) is 5.10. The predicted octanol–water partition coefficient (Wildman–Crippen LogP) is 2.68. The molecule has 0 amide bonds. The Labute approximate surface area is 84.2 Å². The molecule has 2 rings (SSSR count). The number of nitrogens with one attached hydrogen (secondary N) is 1. The van der Waals surface area contributed by atoms with Gasteiger partial charge in [0.2, 0.25) is 0 Å². The fourth-order valence-corrected chi connectivity index (χ4v) is 2.37. The van der Waals surface area contributed by atoms with Gasteiger partial charge in [-0.25, -0.2) is 0 Å². The van der Waals surface area contributed by atoms with Crippen LogP contribution in [0.3, 0.4) is 0 Å². The van der Waals surface area contributed by atoms with Crippen LogP contribution in [0.5, 0.6) is 0 Å². The van der Waals surface area contributed by atoms with E-state index >= 15 is 0 Å². The molecule has 72 valence electrons. The van der Waals surface area contributed by atoms with Crippen molar-refractivity contribution >= 4 is 11.3 Å². The van der Waals surface area contributed by atoms with E-state index in [1.807, 2.05) is 11.3 Å². The van der Waals surface area contributed by atoms with E-state index in [0.29, 0.717) is 0 Å². The van der Waals surface area contributed by atoms with Gasteiger partial charge in [0.1, 0.15) is 0 Å². The van der Waals surface area contributed by atoms with Gasteiger partial charge in [-0.05, 0) is 43.2 Å². The molecule has 1 aliphatic rings. The van der Waals surface area contributed by atoms with Gasteiger partial charge in [0, 0.05) is 10.9 Å². The van der Waals surface area contributed by atoms with E-state index in [0.717, 1.165) is 12.0 Å². The summed E-state index contributed by atoms with van der Waals surface area (Å²) in [6.45, 7) is 3.51. The summed E-state index contributed by atoms with van der Waals surface area (Å²) in [5.74, 6) is 0.777. The molecule has 1 atom stereocenters. The second-order valence-corrected chi connectivity index (χ2v) is 5.10. The standard InChI is InChI=1S/C11H17NS/c1-9(8-12-10-4-5-10)7-11-3-2-6-13-11/h2-3,6,9-10,12H,4-5,7-8H2,1H3. The minimum Gasteiger partial charge on any atom is -0.314 e. The largest absolute Gasteiger partial charge is 0.314 e. The number of rotatable bonds is 5. The highest BCUT2D eigenvalue weighted by atomic mass is 32.1. The van der Waals surface area contributed by atoms with Gasteiger partial charge in [0.25, 0.3) is 0 Å². The van der Waals surface area contributed by atoms with Gasteiger partial charge in [-0.3, -0.25) is 0 Å². The second-order valence-electron chi connectivity index (χ2n) is 4.07. The van der Waals surface area contributed by atoms with E-state index < -0.39 is 0 Å². The molecule has 0 aliphatic heterocycles. The van der Waals surface area contributed by atoms with E-state index in [1.165, 1.54) is 30.7 Å². The summed E-state index contributed by atoms with van der Waals surface area (Å²) >= 11 is 1.87. The van der Waals surface area contributed by atoms with Gasteiger partial charge in [0.05, 0.1) is 0 Å². The summed E-state index contributed by atoms with van der Waals surface area (Å²) in [6.07, 6.45) is 4.02. The highest BCUT2D eigenvalue weighted by Gasteiger charge is 2.20. The molecule has 1 nitrogen and oxygen atoms in total. The molecule has 0 radical (unpaired) electrons. The van der Waals surface area contributed by atoms with E-state index in [2.05, 4.69) is 29.8 Å². The predicted molar refractivity (Wildman–Crippen MR) is 58.2 cm³/mol. The van der Waals surface area contributed by atoms with Crippen LogP contribution >= 0.6 is 11.3 Å². The first-order chi connectivity index (χ1) is 6.34. The number of hydrogen-bond donors (Lipinski definition) is 1. The minimum atomic E-state index is 0.777. The fourth-order valence-electron chi connectivity index (χ4n) is 1.50. The Morgan fingerprint density at radius 3 is 3.08 bits per heavy atom. The van der Waals surface area contributed by atoms with E-state index in [4.69, 9.17) is 0 Å². The molecule has 13 heavy (non-hydrogen) atoms. The van der Waals surface area contributed by atoms with Crippen LogP contribution in [0.25, 0.3) is 0 Å². The van der Waals surface area contributed by atoms with Gasteiger partial charge < -0.3 is 5.32 Å². The lowest BCUT2D eigenvalue weighted by atomic mass is 10.1. The van der Waals surface area contributed by atoms with Crippen LogP contribution in [0.2, 0.25) is 0 Å². The average Bonchev–Trinajstić information content (AvgIpc) is 2.82. The highest BCUT2D eigenvalue weighted by molar-refractivity contribution is 7.09. The first-order valence-corrected chi connectivity index (χ1v) is 5.98. The van der Waals surface area contributed by atoms with E-state index in [-0.39, 0.29) is 0 Å². The molecule has 1 heterocycles. The van der Waals surface area contributed by atoms with Crippen molar-refractivity contribution in [2.24, 2.45) is 5.92 Å². The van der Waals surface area contributed by atoms with Gasteiger partial charge in [-0.1, -0.05) is 13.0 Å². The summed E-state index contributed by atoms with van der Waals surface area (Å²) in [6, 6.07) is 5.23. The second kappa shape index (κ2) is 4.25. The molecule has 0 aromatic carbocycles. The monoisotopic (exact) mass is 195 g/mol. The normalized spacial score (nSPS) is 18.8. The fraction of sp³-hybridized carbons (Fsp3) is 0.636. The maximum Gasteiger partial charge on any atom is 0.00683 e. The smallest absolute Gasteiger partial charge is 0.00683 e. The lowest BCUT2D eigenvalue weighted by molar-refractivity contribution is 0.512. The quantitative estimate of drug-likeness (QED) is 0.761. The molecule has 1 aromatic heterocycles. The summed E-state index contributed by atoms with van der Waals surface area (Å²) in [5, 5.41) is 5.74. The number of thiophene rings is 1. The van der Waals surface area contributed by atoms with Gasteiger partial charge in [-0.15, -0.1) is 11.3 Å². The van der Waals surface area contributed by atoms with Crippen LogP contribution in [-0.4, -0.2) is 12.6 Å². The van der Waals surface area contributed by atoms with Crippen LogP contribution in [0.15, 0.2) is 17.5 Å². The van der Waals surface area contributed by atoms with Crippen molar-refractivity contribution in [3.8, 4) is 0 Å². The maximum absolute atomic E-state index is 3.57.